The summed E-state index contributed by atoms with van der Waals surface area (Å²) in [6.07, 6.45) is 11.0. The summed E-state index contributed by atoms with van der Waals surface area (Å²) >= 11 is 0. The van der Waals surface area contributed by atoms with Crippen LogP contribution in [0, 0.1) is 52.3 Å². The lowest BCUT2D eigenvalue weighted by atomic mass is 9.43. The Bertz CT molecular complexity index is 940. The quantitative estimate of drug-likeness (QED) is 0.154. The van der Waals surface area contributed by atoms with Crippen LogP contribution in [0.4, 0.5) is 0 Å². The SMILES string of the molecule is [2H]C([2H])([2H])C(CCC[C@@H](C)[C@H]1CCC2C3C(CC(O)[C@@]21C)[C@@]1(C)CC[C@H](NCCCNCCCCN)C[C@@H]1C[C@H]3O)C(=O)O. The van der Waals surface area contributed by atoms with Gasteiger partial charge in [0.25, 0.3) is 0 Å². The van der Waals surface area contributed by atoms with Gasteiger partial charge >= 0.3 is 5.97 Å². The van der Waals surface area contributed by atoms with Crippen molar-refractivity contribution in [2.75, 3.05) is 26.2 Å². The van der Waals surface area contributed by atoms with Gasteiger partial charge in [0.05, 0.1) is 18.1 Å². The Morgan fingerprint density at radius 2 is 1.78 bits per heavy atom. The zero-order valence-corrected chi connectivity index (χ0v) is 26.1. The highest BCUT2D eigenvalue weighted by molar-refractivity contribution is 5.69. The van der Waals surface area contributed by atoms with Gasteiger partial charge in [0.15, 0.2) is 0 Å². The fraction of sp³-hybridized carbons (Fsp3) is 0.971. The van der Waals surface area contributed by atoms with Gasteiger partial charge in [0.2, 0.25) is 0 Å². The van der Waals surface area contributed by atoms with Crippen LogP contribution >= 0.6 is 0 Å². The second-order valence-electron chi connectivity index (χ2n) is 14.9. The molecule has 0 aromatic carbocycles. The molecule has 0 amide bonds. The molecule has 7 nitrogen and oxygen atoms in total. The van der Waals surface area contributed by atoms with Gasteiger partial charge in [0.1, 0.15) is 0 Å². The van der Waals surface area contributed by atoms with Crippen LogP contribution < -0.4 is 16.4 Å². The fourth-order valence-electron chi connectivity index (χ4n) is 10.3. The molecular weight excluding hydrogens is 514 g/mol. The molecule has 0 heterocycles. The monoisotopic (exact) mass is 581 g/mol. The van der Waals surface area contributed by atoms with Crippen LogP contribution in [-0.4, -0.2) is 65.7 Å². The van der Waals surface area contributed by atoms with Crippen molar-refractivity contribution in [3.63, 3.8) is 0 Å². The summed E-state index contributed by atoms with van der Waals surface area (Å²) in [7, 11) is 0. The van der Waals surface area contributed by atoms with Crippen molar-refractivity contribution < 1.29 is 24.2 Å². The van der Waals surface area contributed by atoms with Gasteiger partial charge in [-0.25, -0.2) is 0 Å². The second kappa shape index (κ2) is 14.4. The lowest BCUT2D eigenvalue weighted by molar-refractivity contribution is -0.202. The van der Waals surface area contributed by atoms with Crippen molar-refractivity contribution in [3.8, 4) is 0 Å². The molecule has 0 aliphatic heterocycles. The summed E-state index contributed by atoms with van der Waals surface area (Å²) in [4.78, 5) is 11.6. The third-order valence-electron chi connectivity index (χ3n) is 12.8. The second-order valence-corrected chi connectivity index (χ2v) is 14.9. The number of carboxylic acid groups (broad SMARTS) is 1. The van der Waals surface area contributed by atoms with Gasteiger partial charge in [-0.2, -0.15) is 0 Å². The molecule has 4 saturated carbocycles. The maximum absolute atomic E-state index is 11.9. The van der Waals surface area contributed by atoms with Crippen LogP contribution in [0.2, 0.25) is 0 Å². The summed E-state index contributed by atoms with van der Waals surface area (Å²) in [6, 6.07) is 0.496. The maximum atomic E-state index is 11.9. The number of carboxylic acids is 1. The van der Waals surface area contributed by atoms with E-state index >= 15 is 0 Å². The predicted molar refractivity (Wildman–Crippen MR) is 165 cm³/mol. The highest BCUT2D eigenvalue weighted by Gasteiger charge is 2.65. The van der Waals surface area contributed by atoms with Gasteiger partial charge in [-0.1, -0.05) is 40.5 Å². The number of nitrogens with one attached hydrogen (secondary N) is 2. The molecule has 4 fully saturated rings. The average Bonchev–Trinajstić information content (AvgIpc) is 3.31. The number of unbranched alkanes of at least 4 members (excludes halogenated alkanes) is 1. The lowest BCUT2D eigenvalue weighted by Gasteiger charge is -2.63. The van der Waals surface area contributed by atoms with E-state index in [1.165, 1.54) is 0 Å². The fourth-order valence-corrected chi connectivity index (χ4v) is 10.3. The first-order valence-electron chi connectivity index (χ1n) is 18.5. The van der Waals surface area contributed by atoms with Crippen LogP contribution in [0.3, 0.4) is 0 Å². The number of carbonyl (C=O) groups is 1. The predicted octanol–water partition coefficient (Wildman–Crippen LogP) is 4.79. The Morgan fingerprint density at radius 3 is 2.51 bits per heavy atom. The smallest absolute Gasteiger partial charge is 0.306 e. The normalized spacial score (nSPS) is 43.1. The highest BCUT2D eigenvalue weighted by Crippen LogP contribution is 2.68. The molecule has 41 heavy (non-hydrogen) atoms. The van der Waals surface area contributed by atoms with Gasteiger partial charge in [-0.05, 0) is 143 Å². The van der Waals surface area contributed by atoms with E-state index in [-0.39, 0.29) is 47.0 Å². The Morgan fingerprint density at radius 1 is 1.00 bits per heavy atom. The van der Waals surface area contributed by atoms with Crippen LogP contribution in [0.5, 0.6) is 0 Å². The summed E-state index contributed by atoms with van der Waals surface area (Å²) in [5, 5.41) is 40.4. The van der Waals surface area contributed by atoms with Gasteiger partial charge < -0.3 is 31.7 Å². The zero-order valence-electron chi connectivity index (χ0n) is 29.1. The van der Waals surface area contributed by atoms with Crippen molar-refractivity contribution in [2.24, 2.45) is 58.0 Å². The molecule has 12 atom stereocenters. The molecule has 0 bridgehead atoms. The Hall–Kier alpha value is -0.730. The van der Waals surface area contributed by atoms with E-state index in [0.717, 1.165) is 96.8 Å². The zero-order chi connectivity index (χ0) is 32.3. The minimum atomic E-state index is -2.49. The van der Waals surface area contributed by atoms with Crippen LogP contribution in [0.15, 0.2) is 0 Å². The number of aliphatic hydroxyl groups excluding tert-OH is 2. The van der Waals surface area contributed by atoms with Crippen LogP contribution in [0.25, 0.3) is 0 Å². The van der Waals surface area contributed by atoms with E-state index in [1.807, 2.05) is 0 Å². The van der Waals surface area contributed by atoms with Crippen LogP contribution in [0.1, 0.15) is 115 Å². The summed E-state index contributed by atoms with van der Waals surface area (Å²) in [5.41, 5.74) is 5.43. The standard InChI is InChI=1S/C34H63N3O4/c1-22(9-7-10-23(2)32(40)41)26-11-12-27-31-28(21-30(39)34(26,27)4)33(3)14-13-25(19-24(33)20-29(31)38)37-18-8-17-36-16-6-5-15-35/h22-31,36-39H,5-21,35H2,1-4H3,(H,40,41)/t22-,23?,24-,25+,26-,27?,28?,29-,30?,31?,33+,34-/m1/s1/i2D3. The van der Waals surface area contributed by atoms with Gasteiger partial charge in [-0.15, -0.1) is 0 Å². The van der Waals surface area contributed by atoms with Crippen molar-refractivity contribution in [1.82, 2.24) is 10.6 Å². The van der Waals surface area contributed by atoms with Crippen LogP contribution in [-0.2, 0) is 4.79 Å². The van der Waals surface area contributed by atoms with E-state index in [9.17, 15) is 20.1 Å². The molecule has 4 aliphatic rings. The van der Waals surface area contributed by atoms with Crippen molar-refractivity contribution in [3.05, 3.63) is 0 Å². The molecule has 238 valence electrons. The van der Waals surface area contributed by atoms with Gasteiger partial charge in [0, 0.05) is 10.2 Å². The number of fused-ring (bicyclic) bond motifs is 5. The highest BCUT2D eigenvalue weighted by atomic mass is 16.4. The number of hydrogen-bond donors (Lipinski definition) is 6. The van der Waals surface area contributed by atoms with Crippen molar-refractivity contribution in [2.45, 2.75) is 129 Å². The first-order valence-corrected chi connectivity index (χ1v) is 17.0. The molecular formula is C34H63N3O4. The molecule has 4 aliphatic carbocycles. The maximum Gasteiger partial charge on any atom is 0.306 e. The van der Waals surface area contributed by atoms with E-state index in [2.05, 4.69) is 31.4 Å². The first-order chi connectivity index (χ1) is 20.7. The minimum Gasteiger partial charge on any atom is -0.481 e. The number of aliphatic carboxylic acids is 1. The average molecular weight is 581 g/mol. The Balaban J connectivity index is 1.34. The summed E-state index contributed by atoms with van der Waals surface area (Å²) in [5.74, 6) is -0.749. The molecule has 7 heteroatoms. The molecule has 4 rings (SSSR count). The number of hydrogen-bond acceptors (Lipinski definition) is 6. The summed E-state index contributed by atoms with van der Waals surface area (Å²) in [6.45, 7) is 8.25. The number of aliphatic hydroxyl groups is 2. The molecule has 7 N–H and O–H groups in total. The third kappa shape index (κ3) is 7.00. The topological polar surface area (TPSA) is 128 Å². The first kappa shape index (κ1) is 29.0. The van der Waals surface area contributed by atoms with Crippen molar-refractivity contribution in [1.29, 1.82) is 0 Å². The summed E-state index contributed by atoms with van der Waals surface area (Å²) < 4.78 is 22.8. The molecule has 0 aromatic heterocycles. The van der Waals surface area contributed by atoms with Crippen molar-refractivity contribution >= 4 is 5.97 Å². The Kier molecular flexibility index (Phi) is 10.2. The number of rotatable bonds is 15. The Labute approximate surface area is 254 Å². The van der Waals surface area contributed by atoms with E-state index in [1.54, 1.807) is 0 Å². The molecule has 0 radical (unpaired) electrons. The number of nitrogens with two attached hydrogens (primary N) is 1. The molecule has 5 unspecified atom stereocenters. The molecule has 0 spiro atoms. The van der Waals surface area contributed by atoms with E-state index in [0.29, 0.717) is 24.3 Å². The minimum absolute atomic E-state index is 0.139. The van der Waals surface area contributed by atoms with E-state index < -0.39 is 24.8 Å². The van der Waals surface area contributed by atoms with Gasteiger partial charge in [-0.3, -0.25) is 4.79 Å². The van der Waals surface area contributed by atoms with E-state index in [4.69, 9.17) is 9.85 Å². The lowest BCUT2D eigenvalue weighted by Crippen LogP contribution is -2.62. The molecule has 0 saturated heterocycles. The third-order valence-corrected chi connectivity index (χ3v) is 12.8. The molecule has 0 aromatic rings. The largest absolute Gasteiger partial charge is 0.481 e.